The van der Waals surface area contributed by atoms with Crippen LogP contribution in [0.2, 0.25) is 0 Å². The number of aromatic nitrogens is 1. The molecule has 10 heteroatoms. The molecule has 174 valence electrons. The molecule has 3 heterocycles. The molecule has 2 atom stereocenters. The zero-order chi connectivity index (χ0) is 23.3. The number of amides is 1. The van der Waals surface area contributed by atoms with Crippen LogP contribution in [0.3, 0.4) is 0 Å². The SMILES string of the molecule is CC(C)(C)OC(=O)N1CCC2CN(S(=O)(=O)c3cccc4cncc(C(F)F)c34)CC2C1. The van der Waals surface area contributed by atoms with Crippen LogP contribution in [0.25, 0.3) is 10.8 Å². The molecule has 2 aliphatic rings. The van der Waals surface area contributed by atoms with Gasteiger partial charge in [0.2, 0.25) is 10.0 Å². The van der Waals surface area contributed by atoms with E-state index in [0.717, 1.165) is 6.20 Å². The van der Waals surface area contributed by atoms with Crippen LogP contribution >= 0.6 is 0 Å². The monoisotopic (exact) mass is 467 g/mol. The molecular formula is C22H27F2N3O4S. The summed E-state index contributed by atoms with van der Waals surface area (Å²) in [4.78, 5) is 17.8. The lowest BCUT2D eigenvalue weighted by atomic mass is 9.89. The summed E-state index contributed by atoms with van der Waals surface area (Å²) in [7, 11) is -4.01. The summed E-state index contributed by atoms with van der Waals surface area (Å²) in [5, 5.41) is 0.374. The number of carbonyl (C=O) groups excluding carboxylic acids is 1. The Kier molecular flexibility index (Phi) is 5.87. The maximum absolute atomic E-state index is 13.6. The van der Waals surface area contributed by atoms with Crippen LogP contribution < -0.4 is 0 Å². The van der Waals surface area contributed by atoms with Gasteiger partial charge < -0.3 is 9.64 Å². The highest BCUT2D eigenvalue weighted by Crippen LogP contribution is 2.38. The lowest BCUT2D eigenvalue weighted by Crippen LogP contribution is -2.45. The molecule has 0 aliphatic carbocycles. The van der Waals surface area contributed by atoms with E-state index in [4.69, 9.17) is 4.74 Å². The molecule has 2 fully saturated rings. The van der Waals surface area contributed by atoms with Crippen molar-refractivity contribution in [1.82, 2.24) is 14.2 Å². The zero-order valence-corrected chi connectivity index (χ0v) is 19.1. The fourth-order valence-corrected chi connectivity index (χ4v) is 6.36. The van der Waals surface area contributed by atoms with Crippen molar-refractivity contribution in [3.05, 3.63) is 36.2 Å². The summed E-state index contributed by atoms with van der Waals surface area (Å²) in [6.07, 6.45) is -0.166. The van der Waals surface area contributed by atoms with Crippen LogP contribution in [0.4, 0.5) is 13.6 Å². The number of hydrogen-bond acceptors (Lipinski definition) is 5. The summed E-state index contributed by atoms with van der Waals surface area (Å²) >= 11 is 0. The molecule has 0 saturated carbocycles. The summed E-state index contributed by atoms with van der Waals surface area (Å²) in [5.74, 6) is 0.0759. The van der Waals surface area contributed by atoms with Gasteiger partial charge in [0.1, 0.15) is 5.60 Å². The topological polar surface area (TPSA) is 79.8 Å². The zero-order valence-electron chi connectivity index (χ0n) is 18.3. The minimum Gasteiger partial charge on any atom is -0.444 e. The normalized spacial score (nSPS) is 22.4. The lowest BCUT2D eigenvalue weighted by molar-refractivity contribution is 0.0139. The number of likely N-dealkylation sites (tertiary alicyclic amines) is 1. The number of rotatable bonds is 3. The highest BCUT2D eigenvalue weighted by molar-refractivity contribution is 7.89. The van der Waals surface area contributed by atoms with Gasteiger partial charge in [0.25, 0.3) is 6.43 Å². The Hall–Kier alpha value is -2.33. The standard InChI is InChI=1S/C22H27F2N3O4S/c1-22(2,3)31-21(28)26-8-7-15-12-27(13-16(15)11-26)32(29,30)18-6-4-5-14-9-25-10-17(19(14)18)20(23)24/h4-6,9-10,15-16,20H,7-8,11-13H2,1-3H3. The van der Waals surface area contributed by atoms with Gasteiger partial charge in [-0.05, 0) is 45.1 Å². The van der Waals surface area contributed by atoms with Gasteiger partial charge in [-0.25, -0.2) is 22.0 Å². The third-order valence-electron chi connectivity index (χ3n) is 6.05. The lowest BCUT2D eigenvalue weighted by Gasteiger charge is -2.35. The van der Waals surface area contributed by atoms with E-state index >= 15 is 0 Å². The predicted octanol–water partition coefficient (Wildman–Crippen LogP) is 4.05. The number of sulfonamides is 1. The Morgan fingerprint density at radius 1 is 1.16 bits per heavy atom. The van der Waals surface area contributed by atoms with Crippen molar-refractivity contribution in [1.29, 1.82) is 0 Å². The number of hydrogen-bond donors (Lipinski definition) is 0. The molecule has 2 saturated heterocycles. The van der Waals surface area contributed by atoms with E-state index in [1.165, 1.54) is 16.6 Å². The van der Waals surface area contributed by atoms with Crippen LogP contribution in [-0.4, -0.2) is 60.5 Å². The fraction of sp³-hybridized carbons (Fsp3) is 0.545. The van der Waals surface area contributed by atoms with Crippen molar-refractivity contribution in [3.63, 3.8) is 0 Å². The smallest absolute Gasteiger partial charge is 0.410 e. The molecule has 0 bridgehead atoms. The van der Waals surface area contributed by atoms with E-state index < -0.39 is 33.7 Å². The van der Waals surface area contributed by atoms with Crippen LogP contribution in [0.15, 0.2) is 35.5 Å². The van der Waals surface area contributed by atoms with Crippen LogP contribution in [0.5, 0.6) is 0 Å². The second-order valence-corrected chi connectivity index (χ2v) is 11.3. The first kappa shape index (κ1) is 22.8. The molecule has 2 aliphatic heterocycles. The molecule has 32 heavy (non-hydrogen) atoms. The Balaban J connectivity index is 1.59. The van der Waals surface area contributed by atoms with E-state index in [9.17, 15) is 22.0 Å². The third-order valence-corrected chi connectivity index (χ3v) is 7.92. The van der Waals surface area contributed by atoms with E-state index in [0.29, 0.717) is 31.4 Å². The number of halogens is 2. The molecule has 0 N–H and O–H groups in total. The van der Waals surface area contributed by atoms with Crippen LogP contribution in [-0.2, 0) is 14.8 Å². The quantitative estimate of drug-likeness (QED) is 0.681. The minimum absolute atomic E-state index is 0.0164. The van der Waals surface area contributed by atoms with E-state index in [2.05, 4.69) is 4.98 Å². The van der Waals surface area contributed by atoms with E-state index in [-0.39, 0.29) is 28.7 Å². The van der Waals surface area contributed by atoms with Gasteiger partial charge in [-0.1, -0.05) is 12.1 Å². The molecule has 1 aromatic carbocycles. The highest BCUT2D eigenvalue weighted by atomic mass is 32.2. The first-order valence-corrected chi connectivity index (χ1v) is 12.0. The average molecular weight is 468 g/mol. The molecule has 0 spiro atoms. The molecular weight excluding hydrogens is 440 g/mol. The van der Waals surface area contributed by atoms with E-state index in [1.54, 1.807) is 37.8 Å². The Morgan fingerprint density at radius 2 is 1.88 bits per heavy atom. The second-order valence-electron chi connectivity index (χ2n) is 9.44. The Bertz CT molecular complexity index is 1130. The average Bonchev–Trinajstić information content (AvgIpc) is 3.15. The summed E-state index contributed by atoms with van der Waals surface area (Å²) in [6.45, 7) is 6.85. The first-order chi connectivity index (χ1) is 15.0. The number of benzene rings is 1. The maximum atomic E-state index is 13.6. The Morgan fingerprint density at radius 3 is 2.56 bits per heavy atom. The third kappa shape index (κ3) is 4.30. The van der Waals surface area contributed by atoms with Crippen molar-refractivity contribution in [2.24, 2.45) is 11.8 Å². The highest BCUT2D eigenvalue weighted by Gasteiger charge is 2.44. The molecule has 7 nitrogen and oxygen atoms in total. The largest absolute Gasteiger partial charge is 0.444 e. The van der Waals surface area contributed by atoms with Crippen molar-refractivity contribution in [2.75, 3.05) is 26.2 Å². The summed E-state index contributed by atoms with van der Waals surface area (Å²) < 4.78 is 61.1. The number of pyridine rings is 1. The molecule has 2 unspecified atom stereocenters. The fourth-order valence-electron chi connectivity index (χ4n) is 4.56. The van der Waals surface area contributed by atoms with Gasteiger partial charge in [-0.2, -0.15) is 4.31 Å². The van der Waals surface area contributed by atoms with Crippen LogP contribution in [0, 0.1) is 11.8 Å². The summed E-state index contributed by atoms with van der Waals surface area (Å²) in [5.41, 5.74) is -1.00. The number of nitrogens with zero attached hydrogens (tertiary/aromatic N) is 3. The number of alkyl halides is 2. The molecule has 2 aromatic rings. The molecule has 1 aromatic heterocycles. The second kappa shape index (κ2) is 8.22. The van der Waals surface area contributed by atoms with Gasteiger partial charge in [0.05, 0.1) is 4.90 Å². The van der Waals surface area contributed by atoms with Crippen molar-refractivity contribution in [3.8, 4) is 0 Å². The molecule has 4 rings (SSSR count). The van der Waals surface area contributed by atoms with Crippen molar-refractivity contribution >= 4 is 26.9 Å². The first-order valence-electron chi connectivity index (χ1n) is 10.6. The van der Waals surface area contributed by atoms with Crippen molar-refractivity contribution < 1.29 is 26.7 Å². The summed E-state index contributed by atoms with van der Waals surface area (Å²) in [6, 6.07) is 4.49. The van der Waals surface area contributed by atoms with Gasteiger partial charge >= 0.3 is 6.09 Å². The number of carbonyl (C=O) groups is 1. The van der Waals surface area contributed by atoms with Gasteiger partial charge in [0.15, 0.2) is 0 Å². The number of ether oxygens (including phenoxy) is 1. The van der Waals surface area contributed by atoms with Gasteiger partial charge in [-0.3, -0.25) is 4.98 Å². The van der Waals surface area contributed by atoms with Gasteiger partial charge in [-0.15, -0.1) is 0 Å². The molecule has 0 radical (unpaired) electrons. The van der Waals surface area contributed by atoms with Crippen molar-refractivity contribution in [2.45, 2.75) is 44.1 Å². The number of piperidine rings is 1. The molecule has 1 amide bonds. The predicted molar refractivity (Wildman–Crippen MR) is 115 cm³/mol. The van der Waals surface area contributed by atoms with Crippen LogP contribution in [0.1, 0.15) is 39.2 Å². The van der Waals surface area contributed by atoms with Gasteiger partial charge in [0, 0.05) is 54.9 Å². The Labute approximate surface area is 186 Å². The maximum Gasteiger partial charge on any atom is 0.410 e. The minimum atomic E-state index is -4.01. The number of fused-ring (bicyclic) bond motifs is 2. The van der Waals surface area contributed by atoms with E-state index in [1.807, 2.05) is 0 Å².